The summed E-state index contributed by atoms with van der Waals surface area (Å²) in [6.45, 7) is 9.89. The van der Waals surface area contributed by atoms with E-state index in [1.807, 2.05) is 39.2 Å². The van der Waals surface area contributed by atoms with Crippen molar-refractivity contribution < 1.29 is 14.6 Å². The number of hydrogen-bond acceptors (Lipinski definition) is 10. The van der Waals surface area contributed by atoms with E-state index in [9.17, 15) is 9.90 Å². The molecule has 6 N–H and O–H groups in total. The number of nitrogens with two attached hydrogens (primary N) is 2. The number of aromatic hydroxyl groups is 1. The number of carbonyl (C=O) groups excluding carboxylic acids is 1. The smallest absolute Gasteiger partial charge is 0.410 e. The Balaban J connectivity index is 1.30. The molecule has 4 rings (SSSR count). The van der Waals surface area contributed by atoms with Crippen LogP contribution in [0.15, 0.2) is 60.3 Å². The topological polar surface area (TPSA) is 146 Å². The quantitative estimate of drug-likeness (QED) is 0.362. The van der Waals surface area contributed by atoms with E-state index in [0.29, 0.717) is 55.1 Å². The molecule has 0 saturated carbocycles. The summed E-state index contributed by atoms with van der Waals surface area (Å²) < 4.78 is 5.49. The molecule has 42 heavy (non-hydrogen) atoms. The number of nitrogens with zero attached hydrogens (tertiary/aromatic N) is 5. The van der Waals surface area contributed by atoms with Crippen molar-refractivity contribution in [2.45, 2.75) is 39.2 Å². The average molecular weight is 577 g/mol. The number of benzene rings is 1. The van der Waals surface area contributed by atoms with E-state index in [1.165, 1.54) is 0 Å². The van der Waals surface area contributed by atoms with Crippen molar-refractivity contribution in [3.8, 4) is 5.75 Å². The van der Waals surface area contributed by atoms with Gasteiger partial charge in [-0.2, -0.15) is 0 Å². The van der Waals surface area contributed by atoms with Crippen LogP contribution in [0.5, 0.6) is 5.75 Å². The third-order valence-electron chi connectivity index (χ3n) is 7.37. The number of phenolic OH excluding ortho intramolecular Hbond substituents is 1. The molecule has 2 aromatic rings. The average Bonchev–Trinajstić information content (AvgIpc) is 2.98. The van der Waals surface area contributed by atoms with Crippen LogP contribution in [-0.2, 0) is 4.74 Å². The third-order valence-corrected chi connectivity index (χ3v) is 7.37. The van der Waals surface area contributed by atoms with Crippen molar-refractivity contribution in [3.63, 3.8) is 0 Å². The minimum absolute atomic E-state index is 0.123. The van der Waals surface area contributed by atoms with Crippen molar-refractivity contribution in [3.05, 3.63) is 71.5 Å². The van der Waals surface area contributed by atoms with Gasteiger partial charge in [-0.25, -0.2) is 14.8 Å². The van der Waals surface area contributed by atoms with Crippen LogP contribution in [-0.4, -0.2) is 82.9 Å². The molecule has 226 valence electrons. The zero-order valence-corrected chi connectivity index (χ0v) is 25.1. The third kappa shape index (κ3) is 8.08. The number of nitrogens with one attached hydrogen (secondary N) is 1. The first-order valence-electron chi connectivity index (χ1n) is 14.4. The summed E-state index contributed by atoms with van der Waals surface area (Å²) in [6, 6.07) is 6.97. The Kier molecular flexibility index (Phi) is 9.82. The summed E-state index contributed by atoms with van der Waals surface area (Å²) >= 11 is 0. The highest BCUT2D eigenvalue weighted by Crippen LogP contribution is 2.25. The number of anilines is 1. The predicted octanol–water partition coefficient (Wildman–Crippen LogP) is 3.31. The second-order valence-corrected chi connectivity index (χ2v) is 11.6. The lowest BCUT2D eigenvalue weighted by molar-refractivity contribution is 0.0197. The van der Waals surface area contributed by atoms with Crippen molar-refractivity contribution in [1.29, 1.82) is 0 Å². The van der Waals surface area contributed by atoms with Crippen LogP contribution in [0.3, 0.4) is 0 Å². The molecule has 2 saturated heterocycles. The van der Waals surface area contributed by atoms with Gasteiger partial charge >= 0.3 is 6.09 Å². The van der Waals surface area contributed by atoms with Gasteiger partial charge in [0.1, 0.15) is 17.2 Å². The van der Waals surface area contributed by atoms with Gasteiger partial charge in [-0.3, -0.25) is 0 Å². The fourth-order valence-corrected chi connectivity index (χ4v) is 4.99. The van der Waals surface area contributed by atoms with Crippen LogP contribution in [0.25, 0.3) is 11.8 Å². The first-order chi connectivity index (χ1) is 20.0. The number of piperazine rings is 1. The summed E-state index contributed by atoms with van der Waals surface area (Å²) in [5, 5.41) is 13.2. The number of ether oxygens (including phenoxy) is 1. The Hall–Kier alpha value is -4.41. The molecule has 1 aromatic heterocycles. The van der Waals surface area contributed by atoms with Crippen LogP contribution in [0.1, 0.15) is 44.7 Å². The number of rotatable bonds is 7. The normalized spacial score (nSPS) is 17.8. The van der Waals surface area contributed by atoms with Gasteiger partial charge < -0.3 is 41.3 Å². The molecular formula is C31H44N8O3. The number of piperidine rings is 1. The molecule has 1 aromatic carbocycles. The molecule has 2 aliphatic heterocycles. The number of aromatic nitrogens is 2. The van der Waals surface area contributed by atoms with E-state index < -0.39 is 5.60 Å². The minimum atomic E-state index is -0.478. The number of amides is 1. The van der Waals surface area contributed by atoms with E-state index >= 15 is 0 Å². The summed E-state index contributed by atoms with van der Waals surface area (Å²) in [7, 11) is 1.77. The molecule has 11 heteroatoms. The molecule has 11 nitrogen and oxygen atoms in total. The maximum Gasteiger partial charge on any atom is 0.410 e. The Bertz CT molecular complexity index is 1300. The number of carbonyl (C=O) groups is 1. The van der Waals surface area contributed by atoms with Crippen molar-refractivity contribution in [1.82, 2.24) is 25.1 Å². The molecule has 2 fully saturated rings. The Morgan fingerprint density at radius 2 is 1.67 bits per heavy atom. The summed E-state index contributed by atoms with van der Waals surface area (Å²) in [6.07, 6.45) is 11.3. The highest BCUT2D eigenvalue weighted by atomic mass is 16.6. The second kappa shape index (κ2) is 13.5. The van der Waals surface area contributed by atoms with Gasteiger partial charge in [0.15, 0.2) is 0 Å². The fraction of sp³-hybridized carbons (Fsp3) is 0.452. The largest absolute Gasteiger partial charge is 0.507 e. The lowest BCUT2D eigenvalue weighted by atomic mass is 9.96. The first-order valence-corrected chi connectivity index (χ1v) is 14.4. The van der Waals surface area contributed by atoms with Crippen LogP contribution < -0.4 is 21.7 Å². The number of likely N-dealkylation sites (tertiary alicyclic amines) is 1. The van der Waals surface area contributed by atoms with E-state index in [1.54, 1.807) is 36.2 Å². The van der Waals surface area contributed by atoms with Gasteiger partial charge in [0.05, 0.1) is 5.70 Å². The van der Waals surface area contributed by atoms with Crippen molar-refractivity contribution >= 4 is 23.8 Å². The second-order valence-electron chi connectivity index (χ2n) is 11.6. The number of hydrogen-bond donors (Lipinski definition) is 4. The predicted molar refractivity (Wildman–Crippen MR) is 166 cm³/mol. The van der Waals surface area contributed by atoms with Crippen molar-refractivity contribution in [2.75, 3.05) is 51.2 Å². The molecule has 0 unspecified atom stereocenters. The molecular weight excluding hydrogens is 532 g/mol. The Labute approximate surface area is 248 Å². The van der Waals surface area contributed by atoms with Gasteiger partial charge in [-0.05, 0) is 57.7 Å². The summed E-state index contributed by atoms with van der Waals surface area (Å²) in [4.78, 5) is 27.7. The van der Waals surface area contributed by atoms with Crippen LogP contribution in [0, 0.1) is 5.92 Å². The Morgan fingerprint density at radius 3 is 2.26 bits per heavy atom. The fourth-order valence-electron chi connectivity index (χ4n) is 4.99. The highest BCUT2D eigenvalue weighted by molar-refractivity contribution is 5.70. The monoisotopic (exact) mass is 576 g/mol. The molecule has 0 radical (unpaired) electrons. The molecule has 2 aliphatic rings. The summed E-state index contributed by atoms with van der Waals surface area (Å²) in [5.74, 6) is 1.72. The van der Waals surface area contributed by atoms with Crippen molar-refractivity contribution in [2.24, 2.45) is 17.4 Å². The van der Waals surface area contributed by atoms with E-state index in [0.717, 1.165) is 37.2 Å². The Morgan fingerprint density at radius 1 is 1.02 bits per heavy atom. The number of phenols is 1. The minimum Gasteiger partial charge on any atom is -0.507 e. The van der Waals surface area contributed by atoms with E-state index in [2.05, 4.69) is 37.2 Å². The van der Waals surface area contributed by atoms with Crippen LogP contribution in [0.4, 0.5) is 10.7 Å². The lowest BCUT2D eigenvalue weighted by Gasteiger charge is -2.37. The molecule has 3 heterocycles. The van der Waals surface area contributed by atoms with Crippen LogP contribution in [0.2, 0.25) is 0 Å². The van der Waals surface area contributed by atoms with Gasteiger partial charge in [-0.15, -0.1) is 0 Å². The number of allylic oxidation sites excluding steroid dienone is 2. The molecule has 0 bridgehead atoms. The van der Waals surface area contributed by atoms with E-state index in [-0.39, 0.29) is 11.8 Å². The van der Waals surface area contributed by atoms with Crippen LogP contribution >= 0.6 is 0 Å². The lowest BCUT2D eigenvalue weighted by Crippen LogP contribution is -2.47. The molecule has 0 spiro atoms. The highest BCUT2D eigenvalue weighted by Gasteiger charge is 2.26. The molecule has 1 amide bonds. The van der Waals surface area contributed by atoms with Gasteiger partial charge in [-0.1, -0.05) is 24.3 Å². The maximum atomic E-state index is 12.3. The molecule has 0 atom stereocenters. The van der Waals surface area contributed by atoms with Gasteiger partial charge in [0.25, 0.3) is 0 Å². The number of para-hydroxylation sites is 1. The zero-order chi connectivity index (χ0) is 30.3. The van der Waals surface area contributed by atoms with Gasteiger partial charge in [0.2, 0.25) is 5.95 Å². The standard InChI is InChI=1S/C31H44N8O3/c1-31(2,3)42-30(41)39-13-11-22(12-14-39)9-10-23-20-35-29(36-21-23)38-17-15-37(16-18-38)26(28(33)34-4)19-25(32)24-7-5-6-8-27(24)40/h5-10,19-22,34,40H,11-18,32-33H2,1-4H3/b10-9+,25-19-,28-26-. The first kappa shape index (κ1) is 30.5. The maximum absolute atomic E-state index is 12.3. The summed E-state index contributed by atoms with van der Waals surface area (Å²) in [5.41, 5.74) is 14.9. The van der Waals surface area contributed by atoms with E-state index in [4.69, 9.17) is 16.2 Å². The SMILES string of the molecule is CN/C(N)=C(/C=C(\N)c1ccccc1O)N1CCN(c2ncc(/C=C/C3CCN(C(=O)OC(C)(C)C)CC3)cn2)CC1. The zero-order valence-electron chi connectivity index (χ0n) is 25.1. The molecule has 0 aliphatic carbocycles. The van der Waals surface area contributed by atoms with Gasteiger partial charge in [0, 0.05) is 75.5 Å².